The summed E-state index contributed by atoms with van der Waals surface area (Å²) in [6.45, 7) is 0.712. The fourth-order valence-corrected chi connectivity index (χ4v) is 2.41. The Bertz CT molecular complexity index is 554. The second-order valence-corrected chi connectivity index (χ2v) is 5.26. The van der Waals surface area contributed by atoms with Crippen LogP contribution < -0.4 is 4.90 Å². The molecular formula is C16H16BrNO. The zero-order valence-corrected chi connectivity index (χ0v) is 12.4. The lowest BCUT2D eigenvalue weighted by Gasteiger charge is -2.18. The van der Waals surface area contributed by atoms with Gasteiger partial charge in [-0.05, 0) is 18.2 Å². The first-order valence-electron chi connectivity index (χ1n) is 6.22. The molecule has 0 fully saturated rings. The van der Waals surface area contributed by atoms with Crippen LogP contribution in [-0.2, 0) is 0 Å². The van der Waals surface area contributed by atoms with Gasteiger partial charge in [-0.15, -0.1) is 0 Å². The molecule has 0 bridgehead atoms. The van der Waals surface area contributed by atoms with E-state index in [0.717, 1.165) is 15.7 Å². The first kappa shape index (κ1) is 13.8. The predicted octanol–water partition coefficient (Wildman–Crippen LogP) is 4.16. The SMILES string of the molecule is CN(CCC(=O)c1ccccc1Br)c1ccccc1. The highest BCUT2D eigenvalue weighted by Gasteiger charge is 2.10. The molecule has 3 heteroatoms. The summed E-state index contributed by atoms with van der Waals surface area (Å²) in [6, 6.07) is 17.6. The Hall–Kier alpha value is -1.61. The molecule has 0 atom stereocenters. The second kappa shape index (κ2) is 6.53. The third-order valence-electron chi connectivity index (χ3n) is 3.05. The maximum Gasteiger partial charge on any atom is 0.165 e. The molecule has 2 nitrogen and oxygen atoms in total. The zero-order valence-electron chi connectivity index (χ0n) is 10.8. The van der Waals surface area contributed by atoms with Crippen LogP contribution in [0.2, 0.25) is 0 Å². The minimum Gasteiger partial charge on any atom is -0.374 e. The lowest BCUT2D eigenvalue weighted by molar-refractivity contribution is 0.0984. The number of hydrogen-bond acceptors (Lipinski definition) is 2. The molecule has 0 heterocycles. The van der Waals surface area contributed by atoms with Crippen LogP contribution >= 0.6 is 15.9 Å². The molecule has 98 valence electrons. The first-order valence-corrected chi connectivity index (χ1v) is 7.01. The monoisotopic (exact) mass is 317 g/mol. The molecule has 0 unspecified atom stereocenters. The van der Waals surface area contributed by atoms with Gasteiger partial charge >= 0.3 is 0 Å². The van der Waals surface area contributed by atoms with Crippen LogP contribution in [0.4, 0.5) is 5.69 Å². The van der Waals surface area contributed by atoms with Gasteiger partial charge in [0.2, 0.25) is 0 Å². The van der Waals surface area contributed by atoms with Gasteiger partial charge in [-0.3, -0.25) is 4.79 Å². The number of Topliss-reactive ketones (excluding diaryl/α,β-unsaturated/α-hetero) is 1. The Labute approximate surface area is 122 Å². The van der Waals surface area contributed by atoms with E-state index >= 15 is 0 Å². The van der Waals surface area contributed by atoms with Gasteiger partial charge in [0, 0.05) is 35.7 Å². The van der Waals surface area contributed by atoms with Crippen LogP contribution in [0.5, 0.6) is 0 Å². The first-order chi connectivity index (χ1) is 9.18. The summed E-state index contributed by atoms with van der Waals surface area (Å²) in [4.78, 5) is 14.2. The number of halogens is 1. The van der Waals surface area contributed by atoms with Crippen molar-refractivity contribution in [2.45, 2.75) is 6.42 Å². The highest BCUT2D eigenvalue weighted by atomic mass is 79.9. The molecule has 0 aliphatic carbocycles. The summed E-state index contributed by atoms with van der Waals surface area (Å²) >= 11 is 3.41. The van der Waals surface area contributed by atoms with Crippen LogP contribution in [0.1, 0.15) is 16.8 Å². The molecule has 0 aliphatic heterocycles. The minimum atomic E-state index is 0.162. The lowest BCUT2D eigenvalue weighted by atomic mass is 10.1. The number of carbonyl (C=O) groups is 1. The fourth-order valence-electron chi connectivity index (χ4n) is 1.90. The van der Waals surface area contributed by atoms with Crippen molar-refractivity contribution in [3.05, 3.63) is 64.6 Å². The van der Waals surface area contributed by atoms with Crippen molar-refractivity contribution in [2.24, 2.45) is 0 Å². The molecule has 0 amide bonds. The maximum atomic E-state index is 12.1. The molecule has 0 saturated heterocycles. The van der Waals surface area contributed by atoms with Crippen molar-refractivity contribution in [3.8, 4) is 0 Å². The predicted molar refractivity (Wildman–Crippen MR) is 82.8 cm³/mol. The van der Waals surface area contributed by atoms with E-state index in [4.69, 9.17) is 0 Å². The molecule has 2 aromatic rings. The molecule has 2 rings (SSSR count). The summed E-state index contributed by atoms with van der Waals surface area (Å²) < 4.78 is 0.863. The van der Waals surface area contributed by atoms with Gasteiger partial charge < -0.3 is 4.90 Å². The average Bonchev–Trinajstić information content (AvgIpc) is 2.46. The third-order valence-corrected chi connectivity index (χ3v) is 3.74. The number of benzene rings is 2. The number of carbonyl (C=O) groups excluding carboxylic acids is 1. The number of hydrogen-bond donors (Lipinski definition) is 0. The van der Waals surface area contributed by atoms with Gasteiger partial charge in [0.1, 0.15) is 0 Å². The van der Waals surface area contributed by atoms with Crippen molar-refractivity contribution in [1.29, 1.82) is 0 Å². The van der Waals surface area contributed by atoms with Crippen LogP contribution in [0.3, 0.4) is 0 Å². The summed E-state index contributed by atoms with van der Waals surface area (Å²) in [6.07, 6.45) is 0.508. The normalized spacial score (nSPS) is 10.2. The quantitative estimate of drug-likeness (QED) is 0.772. The average molecular weight is 318 g/mol. The van der Waals surface area contributed by atoms with Crippen molar-refractivity contribution in [3.63, 3.8) is 0 Å². The summed E-state index contributed by atoms with van der Waals surface area (Å²) in [5, 5.41) is 0. The van der Waals surface area contributed by atoms with E-state index in [1.165, 1.54) is 0 Å². The Morgan fingerprint density at radius 3 is 2.37 bits per heavy atom. The minimum absolute atomic E-state index is 0.162. The van der Waals surface area contributed by atoms with E-state index in [2.05, 4.69) is 20.8 Å². The molecule has 0 spiro atoms. The molecule has 0 N–H and O–H groups in total. The van der Waals surface area contributed by atoms with E-state index in [0.29, 0.717) is 13.0 Å². The zero-order chi connectivity index (χ0) is 13.7. The van der Waals surface area contributed by atoms with E-state index in [9.17, 15) is 4.79 Å². The van der Waals surface area contributed by atoms with Crippen LogP contribution in [0.15, 0.2) is 59.1 Å². The molecule has 19 heavy (non-hydrogen) atoms. The van der Waals surface area contributed by atoms with Gasteiger partial charge in [0.15, 0.2) is 5.78 Å². The molecule has 0 aliphatic rings. The molecule has 2 aromatic carbocycles. The van der Waals surface area contributed by atoms with Crippen LogP contribution in [0, 0.1) is 0 Å². The Morgan fingerprint density at radius 2 is 1.68 bits per heavy atom. The number of anilines is 1. The number of nitrogens with zero attached hydrogens (tertiary/aromatic N) is 1. The maximum absolute atomic E-state index is 12.1. The number of ketones is 1. The van der Waals surface area contributed by atoms with Gasteiger partial charge in [0.05, 0.1) is 0 Å². The van der Waals surface area contributed by atoms with Gasteiger partial charge in [-0.1, -0.05) is 52.3 Å². The molecular weight excluding hydrogens is 302 g/mol. The Morgan fingerprint density at radius 1 is 1.05 bits per heavy atom. The largest absolute Gasteiger partial charge is 0.374 e. The van der Waals surface area contributed by atoms with E-state index in [1.54, 1.807) is 0 Å². The topological polar surface area (TPSA) is 20.3 Å². The number of rotatable bonds is 5. The molecule has 0 aromatic heterocycles. The van der Waals surface area contributed by atoms with Crippen LogP contribution in [-0.4, -0.2) is 19.4 Å². The molecule has 0 radical (unpaired) electrons. The van der Waals surface area contributed by atoms with E-state index in [1.807, 2.05) is 61.6 Å². The standard InChI is InChI=1S/C16H16BrNO/c1-18(13-7-3-2-4-8-13)12-11-16(19)14-9-5-6-10-15(14)17/h2-10H,11-12H2,1H3. The van der Waals surface area contributed by atoms with Crippen molar-refractivity contribution >= 4 is 27.4 Å². The van der Waals surface area contributed by atoms with Crippen molar-refractivity contribution < 1.29 is 4.79 Å². The van der Waals surface area contributed by atoms with Crippen molar-refractivity contribution in [2.75, 3.05) is 18.5 Å². The van der Waals surface area contributed by atoms with Gasteiger partial charge in [0.25, 0.3) is 0 Å². The van der Waals surface area contributed by atoms with Gasteiger partial charge in [-0.2, -0.15) is 0 Å². The van der Waals surface area contributed by atoms with Crippen LogP contribution in [0.25, 0.3) is 0 Å². The summed E-state index contributed by atoms with van der Waals surface area (Å²) in [5.41, 5.74) is 1.88. The highest BCUT2D eigenvalue weighted by Crippen LogP contribution is 2.18. The molecule has 0 saturated carbocycles. The van der Waals surface area contributed by atoms with Gasteiger partial charge in [-0.25, -0.2) is 0 Å². The fraction of sp³-hybridized carbons (Fsp3) is 0.188. The Balaban J connectivity index is 1.96. The smallest absolute Gasteiger partial charge is 0.165 e. The lowest BCUT2D eigenvalue weighted by Crippen LogP contribution is -2.21. The third kappa shape index (κ3) is 3.67. The summed E-state index contributed by atoms with van der Waals surface area (Å²) in [5.74, 6) is 0.162. The van der Waals surface area contributed by atoms with E-state index in [-0.39, 0.29) is 5.78 Å². The van der Waals surface area contributed by atoms with E-state index < -0.39 is 0 Å². The number of para-hydroxylation sites is 1. The van der Waals surface area contributed by atoms with Crippen molar-refractivity contribution in [1.82, 2.24) is 0 Å². The summed E-state index contributed by atoms with van der Waals surface area (Å²) in [7, 11) is 2.00. The Kier molecular flexibility index (Phi) is 4.74. The second-order valence-electron chi connectivity index (χ2n) is 4.41. The highest BCUT2D eigenvalue weighted by molar-refractivity contribution is 9.10.